The highest BCUT2D eigenvalue weighted by Crippen LogP contribution is 2.24. The molecule has 2 aromatic rings. The van der Waals surface area contributed by atoms with E-state index in [2.05, 4.69) is 4.98 Å². The first kappa shape index (κ1) is 10.5. The van der Waals surface area contributed by atoms with E-state index >= 15 is 0 Å². The van der Waals surface area contributed by atoms with Crippen LogP contribution < -0.4 is 5.73 Å². The highest BCUT2D eigenvalue weighted by Gasteiger charge is 2.20. The number of aromatic nitrogens is 1. The lowest BCUT2D eigenvalue weighted by atomic mass is 10.0. The third-order valence-electron chi connectivity index (χ3n) is 2.31. The molecule has 1 aromatic heterocycles. The topological polar surface area (TPSA) is 59.1 Å². The number of rotatable bonds is 3. The Labute approximate surface area is 92.6 Å². The van der Waals surface area contributed by atoms with Gasteiger partial charge in [-0.25, -0.2) is 4.98 Å². The second-order valence-corrected chi connectivity index (χ2v) is 5.07. The van der Waals surface area contributed by atoms with Gasteiger partial charge in [-0.2, -0.15) is 0 Å². The maximum atomic E-state index is 9.84. The van der Waals surface area contributed by atoms with Crippen LogP contribution in [0.1, 0.15) is 11.9 Å². The Bertz CT molecular complexity index is 431. The summed E-state index contributed by atoms with van der Waals surface area (Å²) in [5.74, 6) is 0. The molecule has 1 heterocycles. The predicted octanol–water partition coefficient (Wildman–Crippen LogP) is 1.55. The van der Waals surface area contributed by atoms with Crippen molar-refractivity contribution < 1.29 is 5.11 Å². The molecule has 15 heavy (non-hydrogen) atoms. The summed E-state index contributed by atoms with van der Waals surface area (Å²) in [5.41, 5.74) is 5.61. The minimum Gasteiger partial charge on any atom is -0.388 e. The van der Waals surface area contributed by atoms with Gasteiger partial charge in [0.1, 0.15) is 0 Å². The van der Waals surface area contributed by atoms with E-state index in [4.69, 9.17) is 5.73 Å². The summed E-state index contributed by atoms with van der Waals surface area (Å²) < 4.78 is 1.15. The van der Waals surface area contributed by atoms with E-state index < -0.39 is 5.60 Å². The number of benzene rings is 1. The number of nitrogens with zero attached hydrogens (tertiary/aromatic N) is 1. The van der Waals surface area contributed by atoms with Crippen molar-refractivity contribution in [3.63, 3.8) is 0 Å². The van der Waals surface area contributed by atoms with Crippen molar-refractivity contribution in [2.24, 2.45) is 5.73 Å². The summed E-state index contributed by atoms with van der Waals surface area (Å²) in [6.07, 6.45) is 0.517. The zero-order valence-electron chi connectivity index (χ0n) is 8.60. The summed E-state index contributed by atoms with van der Waals surface area (Å²) in [6, 6.07) is 7.97. The lowest BCUT2D eigenvalue weighted by molar-refractivity contribution is 0.0696. The van der Waals surface area contributed by atoms with Crippen LogP contribution in [-0.4, -0.2) is 22.2 Å². The average molecular weight is 222 g/mol. The molecule has 0 aliphatic carbocycles. The van der Waals surface area contributed by atoms with Crippen LogP contribution in [0.15, 0.2) is 24.3 Å². The molecule has 80 valence electrons. The monoisotopic (exact) mass is 222 g/mol. The highest BCUT2D eigenvalue weighted by atomic mass is 32.1. The number of fused-ring (bicyclic) bond motifs is 1. The zero-order valence-corrected chi connectivity index (χ0v) is 9.42. The van der Waals surface area contributed by atoms with Crippen LogP contribution in [0.5, 0.6) is 0 Å². The van der Waals surface area contributed by atoms with Crippen LogP contribution in [-0.2, 0) is 6.42 Å². The Kier molecular flexibility index (Phi) is 2.73. The third-order valence-corrected chi connectivity index (χ3v) is 3.35. The van der Waals surface area contributed by atoms with Crippen LogP contribution in [0.3, 0.4) is 0 Å². The molecule has 0 fully saturated rings. The van der Waals surface area contributed by atoms with Crippen LogP contribution >= 0.6 is 11.3 Å². The van der Waals surface area contributed by atoms with Crippen molar-refractivity contribution in [3.05, 3.63) is 29.3 Å². The summed E-state index contributed by atoms with van der Waals surface area (Å²) in [7, 11) is 0. The molecule has 0 spiro atoms. The maximum Gasteiger partial charge on any atom is 0.0967 e. The van der Waals surface area contributed by atoms with E-state index in [1.165, 1.54) is 0 Å². The Morgan fingerprint density at radius 2 is 2.20 bits per heavy atom. The predicted molar refractivity (Wildman–Crippen MR) is 63.0 cm³/mol. The molecular formula is C11H14N2OS. The summed E-state index contributed by atoms with van der Waals surface area (Å²) in [4.78, 5) is 4.45. The highest BCUT2D eigenvalue weighted by molar-refractivity contribution is 7.18. The first-order valence-electron chi connectivity index (χ1n) is 4.88. The van der Waals surface area contributed by atoms with Gasteiger partial charge in [-0.1, -0.05) is 12.1 Å². The summed E-state index contributed by atoms with van der Waals surface area (Å²) in [6.45, 7) is 1.99. The van der Waals surface area contributed by atoms with Gasteiger partial charge in [0.2, 0.25) is 0 Å². The average Bonchev–Trinajstić information content (AvgIpc) is 2.58. The van der Waals surface area contributed by atoms with Crippen molar-refractivity contribution in [2.75, 3.05) is 6.54 Å². The molecular weight excluding hydrogens is 208 g/mol. The number of hydrogen-bond acceptors (Lipinski definition) is 4. The van der Waals surface area contributed by atoms with Crippen molar-refractivity contribution in [3.8, 4) is 0 Å². The van der Waals surface area contributed by atoms with Gasteiger partial charge in [0.25, 0.3) is 0 Å². The molecule has 0 saturated heterocycles. The number of nitrogens with two attached hydrogens (primary N) is 1. The molecule has 0 aliphatic heterocycles. The molecule has 0 amide bonds. The van der Waals surface area contributed by atoms with Gasteiger partial charge in [0.15, 0.2) is 0 Å². The summed E-state index contributed by atoms with van der Waals surface area (Å²) >= 11 is 1.61. The molecule has 0 bridgehead atoms. The molecule has 0 aliphatic rings. The van der Waals surface area contributed by atoms with Crippen LogP contribution in [0.4, 0.5) is 0 Å². The van der Waals surface area contributed by atoms with Crippen molar-refractivity contribution >= 4 is 21.6 Å². The number of hydrogen-bond donors (Lipinski definition) is 2. The smallest absolute Gasteiger partial charge is 0.0967 e. The van der Waals surface area contributed by atoms with E-state index in [-0.39, 0.29) is 6.54 Å². The van der Waals surface area contributed by atoms with E-state index in [0.717, 1.165) is 15.2 Å². The quantitative estimate of drug-likeness (QED) is 0.828. The molecule has 0 radical (unpaired) electrons. The molecule has 1 unspecified atom stereocenters. The van der Waals surface area contributed by atoms with Crippen molar-refractivity contribution in [2.45, 2.75) is 18.9 Å². The number of aliphatic hydroxyl groups is 1. The minimum atomic E-state index is -0.853. The van der Waals surface area contributed by atoms with Gasteiger partial charge in [-0.05, 0) is 19.1 Å². The standard InChI is InChI=1S/C11H14N2OS/c1-11(14,7-12)6-10-13-8-4-2-3-5-9(8)15-10/h2-5,14H,6-7,12H2,1H3. The lowest BCUT2D eigenvalue weighted by Crippen LogP contribution is -2.36. The fraction of sp³-hybridized carbons (Fsp3) is 0.364. The fourth-order valence-corrected chi connectivity index (χ4v) is 2.54. The lowest BCUT2D eigenvalue weighted by Gasteiger charge is -2.18. The first-order chi connectivity index (χ1) is 7.11. The Hall–Kier alpha value is -0.970. The van der Waals surface area contributed by atoms with Gasteiger partial charge < -0.3 is 10.8 Å². The molecule has 4 heteroatoms. The maximum absolute atomic E-state index is 9.84. The van der Waals surface area contributed by atoms with Gasteiger partial charge in [-0.15, -0.1) is 11.3 Å². The second-order valence-electron chi connectivity index (χ2n) is 3.95. The van der Waals surface area contributed by atoms with Crippen LogP contribution in [0.25, 0.3) is 10.2 Å². The Morgan fingerprint density at radius 1 is 1.47 bits per heavy atom. The van der Waals surface area contributed by atoms with Crippen molar-refractivity contribution in [1.82, 2.24) is 4.98 Å². The number of thiazole rings is 1. The molecule has 1 aromatic carbocycles. The third kappa shape index (κ3) is 2.34. The summed E-state index contributed by atoms with van der Waals surface area (Å²) in [5, 5.41) is 10.8. The molecule has 3 N–H and O–H groups in total. The molecule has 3 nitrogen and oxygen atoms in total. The van der Waals surface area contributed by atoms with E-state index in [0.29, 0.717) is 6.42 Å². The van der Waals surface area contributed by atoms with E-state index in [1.54, 1.807) is 18.3 Å². The Balaban J connectivity index is 2.30. The SMILES string of the molecule is CC(O)(CN)Cc1nc2ccccc2s1. The number of para-hydroxylation sites is 1. The Morgan fingerprint density at radius 3 is 2.87 bits per heavy atom. The van der Waals surface area contributed by atoms with Crippen LogP contribution in [0, 0.1) is 0 Å². The minimum absolute atomic E-state index is 0.253. The molecule has 1 atom stereocenters. The zero-order chi connectivity index (χ0) is 10.9. The van der Waals surface area contributed by atoms with Gasteiger partial charge in [0, 0.05) is 13.0 Å². The fourth-order valence-electron chi connectivity index (χ4n) is 1.39. The molecule has 2 rings (SSSR count). The molecule has 0 saturated carbocycles. The largest absolute Gasteiger partial charge is 0.388 e. The van der Waals surface area contributed by atoms with Gasteiger partial charge >= 0.3 is 0 Å². The van der Waals surface area contributed by atoms with Gasteiger partial charge in [0.05, 0.1) is 20.8 Å². The van der Waals surface area contributed by atoms with Gasteiger partial charge in [-0.3, -0.25) is 0 Å². The van der Waals surface area contributed by atoms with E-state index in [9.17, 15) is 5.11 Å². The van der Waals surface area contributed by atoms with E-state index in [1.807, 2.05) is 24.3 Å². The first-order valence-corrected chi connectivity index (χ1v) is 5.69. The van der Waals surface area contributed by atoms with Crippen LogP contribution in [0.2, 0.25) is 0 Å². The van der Waals surface area contributed by atoms with Crippen molar-refractivity contribution in [1.29, 1.82) is 0 Å². The normalized spacial score (nSPS) is 15.4. The second kappa shape index (κ2) is 3.89.